The van der Waals surface area contributed by atoms with Crippen LogP contribution >= 0.6 is 22.6 Å². The molecule has 2 aromatic carbocycles. The van der Waals surface area contributed by atoms with Crippen molar-refractivity contribution in [1.82, 2.24) is 0 Å². The predicted octanol–water partition coefficient (Wildman–Crippen LogP) is 3.46. The molecule has 0 spiro atoms. The molecule has 0 heterocycles. The molecule has 0 amide bonds. The van der Waals surface area contributed by atoms with Gasteiger partial charge in [0, 0.05) is 9.61 Å². The number of rotatable bonds is 1. The normalized spacial score (nSPS) is 13.1. The first-order valence-corrected chi connectivity index (χ1v) is 5.70. The van der Waals surface area contributed by atoms with Crippen molar-refractivity contribution in [2.24, 2.45) is 5.73 Å². The minimum Gasteiger partial charge on any atom is -0.324 e. The van der Waals surface area contributed by atoms with Crippen LogP contribution in [-0.2, 0) is 0 Å². The number of hydrogen-bond acceptors (Lipinski definition) is 1. The van der Waals surface area contributed by atoms with Gasteiger partial charge in [0.25, 0.3) is 0 Å². The van der Waals surface area contributed by atoms with Crippen molar-refractivity contribution >= 4 is 33.4 Å². The Morgan fingerprint density at radius 1 is 1.14 bits per heavy atom. The van der Waals surface area contributed by atoms with Crippen LogP contribution in [0.2, 0.25) is 0 Å². The van der Waals surface area contributed by atoms with E-state index in [1.807, 2.05) is 6.92 Å². The van der Waals surface area contributed by atoms with Crippen LogP contribution in [0.3, 0.4) is 0 Å². The Morgan fingerprint density at radius 3 is 2.29 bits per heavy atom. The van der Waals surface area contributed by atoms with E-state index in [0.717, 1.165) is 0 Å². The highest BCUT2D eigenvalue weighted by molar-refractivity contribution is 14.1. The molecule has 0 fully saturated rings. The number of fused-ring (bicyclic) bond motifs is 1. The van der Waals surface area contributed by atoms with Crippen LogP contribution in [0.4, 0.5) is 0 Å². The molecular formula is C12H12IN. The highest BCUT2D eigenvalue weighted by atomic mass is 127. The second kappa shape index (κ2) is 3.87. The molecule has 0 bridgehead atoms. The molecule has 14 heavy (non-hydrogen) atoms. The molecule has 2 aromatic rings. The van der Waals surface area contributed by atoms with Gasteiger partial charge in [-0.25, -0.2) is 0 Å². The van der Waals surface area contributed by atoms with E-state index in [4.69, 9.17) is 5.73 Å². The smallest absolute Gasteiger partial charge is 0.0276 e. The summed E-state index contributed by atoms with van der Waals surface area (Å²) in [6.45, 7) is 2.02. The molecule has 1 atom stereocenters. The maximum Gasteiger partial charge on any atom is 0.0276 e. The van der Waals surface area contributed by atoms with Gasteiger partial charge in [0.1, 0.15) is 0 Å². The number of hydrogen-bond donors (Lipinski definition) is 1. The average Bonchev–Trinajstić information content (AvgIpc) is 2.16. The van der Waals surface area contributed by atoms with Crippen LogP contribution < -0.4 is 5.73 Å². The molecule has 2 N–H and O–H groups in total. The topological polar surface area (TPSA) is 26.0 Å². The Kier molecular flexibility index (Phi) is 2.74. The van der Waals surface area contributed by atoms with Gasteiger partial charge in [0.2, 0.25) is 0 Å². The van der Waals surface area contributed by atoms with E-state index in [2.05, 4.69) is 59.0 Å². The Hall–Kier alpha value is -0.610. The van der Waals surface area contributed by atoms with Gasteiger partial charge in [-0.15, -0.1) is 0 Å². The Morgan fingerprint density at radius 2 is 1.71 bits per heavy atom. The molecule has 0 aliphatic carbocycles. The van der Waals surface area contributed by atoms with Gasteiger partial charge in [-0.05, 0) is 58.0 Å². The summed E-state index contributed by atoms with van der Waals surface area (Å²) in [5, 5.41) is 2.54. The summed E-state index contributed by atoms with van der Waals surface area (Å²) in [4.78, 5) is 0. The summed E-state index contributed by atoms with van der Waals surface area (Å²) >= 11 is 2.34. The van der Waals surface area contributed by atoms with E-state index in [-0.39, 0.29) is 6.04 Å². The second-order valence-electron chi connectivity index (χ2n) is 3.51. The first kappa shape index (κ1) is 9.93. The summed E-state index contributed by atoms with van der Waals surface area (Å²) in [6, 6.07) is 12.8. The average molecular weight is 297 g/mol. The minimum atomic E-state index is 0.103. The zero-order valence-electron chi connectivity index (χ0n) is 8.00. The van der Waals surface area contributed by atoms with Crippen LogP contribution in [0.1, 0.15) is 18.5 Å². The fourth-order valence-corrected chi connectivity index (χ4v) is 2.56. The van der Waals surface area contributed by atoms with Gasteiger partial charge in [-0.2, -0.15) is 0 Å². The van der Waals surface area contributed by atoms with Crippen molar-refractivity contribution in [2.45, 2.75) is 13.0 Å². The fourth-order valence-electron chi connectivity index (χ4n) is 1.58. The summed E-state index contributed by atoms with van der Waals surface area (Å²) < 4.78 is 1.25. The molecule has 72 valence electrons. The standard InChI is InChI=1S/C12H12IN/c1-8(14)11-6-9-4-2-3-5-10(9)7-12(11)13/h2-8H,14H2,1H3. The third kappa shape index (κ3) is 1.77. The van der Waals surface area contributed by atoms with E-state index >= 15 is 0 Å². The van der Waals surface area contributed by atoms with Crippen LogP contribution in [0.25, 0.3) is 10.8 Å². The quantitative estimate of drug-likeness (QED) is 0.801. The lowest BCUT2D eigenvalue weighted by atomic mass is 10.0. The van der Waals surface area contributed by atoms with Gasteiger partial charge in [-0.3, -0.25) is 0 Å². The van der Waals surface area contributed by atoms with E-state index in [1.165, 1.54) is 19.9 Å². The first-order chi connectivity index (χ1) is 6.68. The van der Waals surface area contributed by atoms with Gasteiger partial charge in [-0.1, -0.05) is 24.3 Å². The van der Waals surface area contributed by atoms with Crippen molar-refractivity contribution in [3.63, 3.8) is 0 Å². The first-order valence-electron chi connectivity index (χ1n) is 4.62. The predicted molar refractivity (Wildman–Crippen MR) is 69.3 cm³/mol. The maximum atomic E-state index is 5.90. The van der Waals surface area contributed by atoms with Gasteiger partial charge < -0.3 is 5.73 Å². The molecule has 1 nitrogen and oxygen atoms in total. The highest BCUT2D eigenvalue weighted by Crippen LogP contribution is 2.24. The van der Waals surface area contributed by atoms with Crippen LogP contribution in [-0.4, -0.2) is 0 Å². The van der Waals surface area contributed by atoms with E-state index in [9.17, 15) is 0 Å². The third-order valence-electron chi connectivity index (χ3n) is 2.36. The zero-order chi connectivity index (χ0) is 10.1. The molecule has 2 heteroatoms. The van der Waals surface area contributed by atoms with E-state index in [1.54, 1.807) is 0 Å². The monoisotopic (exact) mass is 297 g/mol. The van der Waals surface area contributed by atoms with Crippen LogP contribution in [0.5, 0.6) is 0 Å². The number of halogens is 1. The summed E-state index contributed by atoms with van der Waals surface area (Å²) in [7, 11) is 0. The summed E-state index contributed by atoms with van der Waals surface area (Å²) in [5.74, 6) is 0. The SMILES string of the molecule is CC(N)c1cc2ccccc2cc1I. The van der Waals surface area contributed by atoms with Crippen molar-refractivity contribution in [2.75, 3.05) is 0 Å². The highest BCUT2D eigenvalue weighted by Gasteiger charge is 2.05. The minimum absolute atomic E-state index is 0.103. The fraction of sp³-hybridized carbons (Fsp3) is 0.167. The van der Waals surface area contributed by atoms with Crippen molar-refractivity contribution in [3.8, 4) is 0 Å². The molecule has 0 saturated heterocycles. The number of benzene rings is 2. The van der Waals surface area contributed by atoms with Crippen LogP contribution in [0, 0.1) is 3.57 Å². The van der Waals surface area contributed by atoms with Crippen molar-refractivity contribution in [3.05, 3.63) is 45.5 Å². The van der Waals surface area contributed by atoms with Gasteiger partial charge >= 0.3 is 0 Å². The maximum absolute atomic E-state index is 5.90. The van der Waals surface area contributed by atoms with Crippen LogP contribution in [0.15, 0.2) is 36.4 Å². The largest absolute Gasteiger partial charge is 0.324 e. The molecule has 0 aliphatic heterocycles. The van der Waals surface area contributed by atoms with E-state index in [0.29, 0.717) is 0 Å². The lowest BCUT2D eigenvalue weighted by Gasteiger charge is -2.10. The summed E-state index contributed by atoms with van der Waals surface area (Å²) in [5.41, 5.74) is 7.13. The Bertz CT molecular complexity index is 463. The molecule has 2 rings (SSSR count). The second-order valence-corrected chi connectivity index (χ2v) is 4.67. The van der Waals surface area contributed by atoms with Gasteiger partial charge in [0.05, 0.1) is 0 Å². The zero-order valence-corrected chi connectivity index (χ0v) is 10.2. The molecule has 0 radical (unpaired) electrons. The van der Waals surface area contributed by atoms with Gasteiger partial charge in [0.15, 0.2) is 0 Å². The Labute approximate surface area is 97.4 Å². The molecule has 0 saturated carbocycles. The molecule has 1 unspecified atom stereocenters. The third-order valence-corrected chi connectivity index (χ3v) is 3.29. The molecular weight excluding hydrogens is 285 g/mol. The Balaban J connectivity index is 2.71. The lowest BCUT2D eigenvalue weighted by Crippen LogP contribution is -2.06. The van der Waals surface area contributed by atoms with Crippen molar-refractivity contribution in [1.29, 1.82) is 0 Å². The molecule has 0 aromatic heterocycles. The lowest BCUT2D eigenvalue weighted by molar-refractivity contribution is 0.814. The van der Waals surface area contributed by atoms with Crippen molar-refractivity contribution < 1.29 is 0 Å². The summed E-state index contributed by atoms with van der Waals surface area (Å²) in [6.07, 6.45) is 0. The van der Waals surface area contributed by atoms with E-state index < -0.39 is 0 Å². The molecule has 0 aliphatic rings. The number of nitrogens with two attached hydrogens (primary N) is 1.